The smallest absolute Gasteiger partial charge is 0.174 e. The second-order valence-corrected chi connectivity index (χ2v) is 7.56. The van der Waals surface area contributed by atoms with E-state index in [1.807, 2.05) is 12.1 Å². The van der Waals surface area contributed by atoms with Crippen LogP contribution in [0.25, 0.3) is 0 Å². The van der Waals surface area contributed by atoms with Crippen molar-refractivity contribution in [2.45, 2.75) is 48.8 Å². The molecule has 5 nitrogen and oxygen atoms in total. The minimum Gasteiger partial charge on any atom is -0.504 e. The molecule has 2 aliphatic carbocycles. The van der Waals surface area contributed by atoms with Gasteiger partial charge in [0.25, 0.3) is 0 Å². The molecule has 2 heterocycles. The van der Waals surface area contributed by atoms with Crippen molar-refractivity contribution in [3.63, 3.8) is 0 Å². The van der Waals surface area contributed by atoms with Crippen molar-refractivity contribution >= 4 is 18.2 Å². The molecule has 4 aliphatic rings. The van der Waals surface area contributed by atoms with Gasteiger partial charge in [-0.1, -0.05) is 12.1 Å². The van der Waals surface area contributed by atoms with Crippen LogP contribution in [0.1, 0.15) is 30.4 Å². The van der Waals surface area contributed by atoms with Gasteiger partial charge in [-0.15, -0.1) is 19.0 Å². The molecule has 25 heavy (non-hydrogen) atoms. The molecule has 2 fully saturated rings. The molecule has 0 aromatic heterocycles. The SMILES string of the molecule is C=CCN1CCC23c4c5ccc(O)c4OC2C(=O)CCC3(O)C1C5.Cl. The van der Waals surface area contributed by atoms with Gasteiger partial charge >= 0.3 is 0 Å². The largest absolute Gasteiger partial charge is 0.504 e. The molecule has 0 amide bonds. The first-order valence-corrected chi connectivity index (χ1v) is 8.65. The molecule has 5 rings (SSSR count). The van der Waals surface area contributed by atoms with E-state index in [1.165, 1.54) is 0 Å². The molecule has 2 aliphatic heterocycles. The Morgan fingerprint density at radius 1 is 1.40 bits per heavy atom. The molecule has 2 bridgehead atoms. The molecule has 1 saturated carbocycles. The Hall–Kier alpha value is -1.56. The lowest BCUT2D eigenvalue weighted by Crippen LogP contribution is -2.76. The lowest BCUT2D eigenvalue weighted by atomic mass is 9.49. The van der Waals surface area contributed by atoms with E-state index in [0.29, 0.717) is 31.4 Å². The maximum absolute atomic E-state index is 12.6. The molecular formula is C19H22ClNO4. The molecular weight excluding hydrogens is 342 g/mol. The van der Waals surface area contributed by atoms with Crippen LogP contribution in [0.15, 0.2) is 24.8 Å². The molecule has 2 N–H and O–H groups in total. The molecule has 4 unspecified atom stereocenters. The van der Waals surface area contributed by atoms with Crippen LogP contribution in [0, 0.1) is 0 Å². The van der Waals surface area contributed by atoms with Gasteiger partial charge in [0, 0.05) is 31.1 Å². The fourth-order valence-corrected chi connectivity index (χ4v) is 5.80. The van der Waals surface area contributed by atoms with E-state index in [4.69, 9.17) is 4.74 Å². The Morgan fingerprint density at radius 3 is 2.96 bits per heavy atom. The maximum Gasteiger partial charge on any atom is 0.174 e. The zero-order chi connectivity index (χ0) is 16.7. The highest BCUT2D eigenvalue weighted by atomic mass is 35.5. The zero-order valence-corrected chi connectivity index (χ0v) is 14.7. The van der Waals surface area contributed by atoms with Crippen LogP contribution in [-0.4, -0.2) is 51.7 Å². The molecule has 0 radical (unpaired) electrons. The quantitative estimate of drug-likeness (QED) is 0.783. The summed E-state index contributed by atoms with van der Waals surface area (Å²) in [5.74, 6) is 0.528. The van der Waals surface area contributed by atoms with E-state index in [2.05, 4.69) is 11.5 Å². The van der Waals surface area contributed by atoms with Crippen LogP contribution in [0.2, 0.25) is 0 Å². The lowest BCUT2D eigenvalue weighted by molar-refractivity contribution is -0.187. The number of ketones is 1. The number of rotatable bonds is 2. The number of nitrogens with zero attached hydrogens (tertiary/aromatic N) is 1. The fraction of sp³-hybridized carbons (Fsp3) is 0.526. The first kappa shape index (κ1) is 16.9. The summed E-state index contributed by atoms with van der Waals surface area (Å²) < 4.78 is 5.98. The van der Waals surface area contributed by atoms with Crippen molar-refractivity contribution in [2.75, 3.05) is 13.1 Å². The summed E-state index contributed by atoms with van der Waals surface area (Å²) in [5.41, 5.74) is 0.256. The highest BCUT2D eigenvalue weighted by Gasteiger charge is 2.72. The highest BCUT2D eigenvalue weighted by Crippen LogP contribution is 2.64. The number of phenolic OH excluding ortho intramolecular Hbond substituents is 1. The van der Waals surface area contributed by atoms with Crippen LogP contribution in [-0.2, 0) is 16.6 Å². The third kappa shape index (κ3) is 1.74. The number of Topliss-reactive ketones (excluding diaryl/α,β-unsaturated/α-hetero) is 1. The molecule has 1 aromatic rings. The van der Waals surface area contributed by atoms with Crippen LogP contribution in [0.5, 0.6) is 11.5 Å². The van der Waals surface area contributed by atoms with Gasteiger partial charge in [-0.25, -0.2) is 0 Å². The van der Waals surface area contributed by atoms with Crippen molar-refractivity contribution < 1.29 is 19.7 Å². The van der Waals surface area contributed by atoms with E-state index in [-0.39, 0.29) is 30.0 Å². The number of phenols is 1. The van der Waals surface area contributed by atoms with Crippen molar-refractivity contribution in [1.29, 1.82) is 0 Å². The monoisotopic (exact) mass is 363 g/mol. The lowest BCUT2D eigenvalue weighted by Gasteiger charge is -2.62. The molecule has 1 spiro atoms. The summed E-state index contributed by atoms with van der Waals surface area (Å²) in [5, 5.41) is 22.1. The number of hydrogen-bond donors (Lipinski definition) is 2. The first-order chi connectivity index (χ1) is 11.5. The normalized spacial score (nSPS) is 37.7. The minimum atomic E-state index is -1.00. The highest BCUT2D eigenvalue weighted by molar-refractivity contribution is 5.90. The Bertz CT molecular complexity index is 781. The van der Waals surface area contributed by atoms with Crippen molar-refractivity contribution in [1.82, 2.24) is 4.90 Å². The van der Waals surface area contributed by atoms with Gasteiger partial charge in [0.15, 0.2) is 23.4 Å². The van der Waals surface area contributed by atoms with Crippen LogP contribution < -0.4 is 4.74 Å². The summed E-state index contributed by atoms with van der Waals surface area (Å²) in [6, 6.07) is 3.52. The number of aliphatic hydroxyl groups is 1. The molecule has 1 aromatic carbocycles. The molecule has 6 heteroatoms. The number of benzene rings is 1. The van der Waals surface area contributed by atoms with Crippen LogP contribution in [0.3, 0.4) is 0 Å². The second-order valence-electron chi connectivity index (χ2n) is 7.56. The van der Waals surface area contributed by atoms with Gasteiger partial charge in [0.1, 0.15) is 0 Å². The Kier molecular flexibility index (Phi) is 3.53. The minimum absolute atomic E-state index is 0. The molecule has 4 atom stereocenters. The second kappa shape index (κ2) is 5.22. The van der Waals surface area contributed by atoms with E-state index < -0.39 is 17.1 Å². The van der Waals surface area contributed by atoms with Crippen LogP contribution in [0.4, 0.5) is 0 Å². The Morgan fingerprint density at radius 2 is 2.20 bits per heavy atom. The topological polar surface area (TPSA) is 70.0 Å². The van der Waals surface area contributed by atoms with Gasteiger partial charge in [0.2, 0.25) is 0 Å². The predicted molar refractivity (Wildman–Crippen MR) is 94.5 cm³/mol. The predicted octanol–water partition coefficient (Wildman–Crippen LogP) is 1.72. The van der Waals surface area contributed by atoms with Gasteiger partial charge in [-0.3, -0.25) is 9.69 Å². The summed E-state index contributed by atoms with van der Waals surface area (Å²) in [6.07, 6.45) is 3.35. The first-order valence-electron chi connectivity index (χ1n) is 8.65. The van der Waals surface area contributed by atoms with Gasteiger partial charge in [-0.2, -0.15) is 0 Å². The van der Waals surface area contributed by atoms with E-state index in [1.54, 1.807) is 6.07 Å². The Balaban J connectivity index is 0.00000157. The number of hydrogen-bond acceptors (Lipinski definition) is 5. The number of ether oxygens (including phenoxy) is 1. The van der Waals surface area contributed by atoms with Crippen molar-refractivity contribution in [3.05, 3.63) is 35.9 Å². The van der Waals surface area contributed by atoms with E-state index in [0.717, 1.165) is 24.2 Å². The number of aromatic hydroxyl groups is 1. The molecule has 134 valence electrons. The number of piperidine rings is 1. The summed E-state index contributed by atoms with van der Waals surface area (Å²) in [4.78, 5) is 14.9. The summed E-state index contributed by atoms with van der Waals surface area (Å²) in [7, 11) is 0. The average molecular weight is 364 g/mol. The van der Waals surface area contributed by atoms with Gasteiger partial charge < -0.3 is 14.9 Å². The average Bonchev–Trinajstić information content (AvgIpc) is 2.91. The summed E-state index contributed by atoms with van der Waals surface area (Å²) >= 11 is 0. The number of carbonyl (C=O) groups is 1. The van der Waals surface area contributed by atoms with Gasteiger partial charge in [-0.05, 0) is 30.9 Å². The third-order valence-electron chi connectivity index (χ3n) is 6.73. The van der Waals surface area contributed by atoms with E-state index in [9.17, 15) is 15.0 Å². The molecule has 1 saturated heterocycles. The number of carbonyl (C=O) groups excluding carboxylic acids is 1. The number of halogens is 1. The van der Waals surface area contributed by atoms with Gasteiger partial charge in [0.05, 0.1) is 11.0 Å². The fourth-order valence-electron chi connectivity index (χ4n) is 5.80. The maximum atomic E-state index is 12.6. The van der Waals surface area contributed by atoms with Crippen LogP contribution >= 0.6 is 12.4 Å². The summed E-state index contributed by atoms with van der Waals surface area (Å²) in [6.45, 7) is 5.36. The zero-order valence-electron chi connectivity index (χ0n) is 13.9. The third-order valence-corrected chi connectivity index (χ3v) is 6.73. The Labute approximate surface area is 152 Å². The standard InChI is InChI=1S/C19H21NO4.ClH/c1-2-8-20-9-7-18-15-11-3-4-12(21)16(15)24-17(18)13(22)5-6-19(18,23)14(20)10-11;/h2-4,14,17,21,23H,1,5-10H2;1H. The van der Waals surface area contributed by atoms with E-state index >= 15 is 0 Å². The van der Waals surface area contributed by atoms with Crippen molar-refractivity contribution in [2.24, 2.45) is 0 Å². The van der Waals surface area contributed by atoms with Crippen molar-refractivity contribution in [3.8, 4) is 11.5 Å². The number of likely N-dealkylation sites (tertiary alicyclic amines) is 1.